The Morgan fingerprint density at radius 2 is 1.62 bits per heavy atom. The maximum absolute atomic E-state index is 13.3. The second-order valence-electron chi connectivity index (χ2n) is 11.5. The SMILES string of the molecule is Cc1cccc(C)c1-c1cc2nc(n1)NS(=O)(=O)c1cccc(c1)C(=O)NC[C@H](c1ccc(/C=C/C(C)(C)C)cc1)O2. The maximum atomic E-state index is 13.3. The molecule has 8 nitrogen and oxygen atoms in total. The van der Waals surface area contributed by atoms with Gasteiger partial charge in [-0.05, 0) is 59.7 Å². The van der Waals surface area contributed by atoms with E-state index in [1.54, 1.807) is 12.1 Å². The molecular weight excluding hydrogens is 548 g/mol. The summed E-state index contributed by atoms with van der Waals surface area (Å²) in [6.07, 6.45) is 3.59. The van der Waals surface area contributed by atoms with Crippen LogP contribution in [-0.4, -0.2) is 30.8 Å². The average molecular weight is 583 g/mol. The molecule has 1 amide bonds. The van der Waals surface area contributed by atoms with E-state index in [1.807, 2.05) is 56.3 Å². The average Bonchev–Trinajstić information content (AvgIpc) is 2.93. The zero-order chi connectivity index (χ0) is 30.1. The highest BCUT2D eigenvalue weighted by molar-refractivity contribution is 7.92. The smallest absolute Gasteiger partial charge is 0.264 e. The predicted molar refractivity (Wildman–Crippen MR) is 165 cm³/mol. The minimum atomic E-state index is -4.10. The van der Waals surface area contributed by atoms with Crippen LogP contribution >= 0.6 is 0 Å². The molecule has 5 rings (SSSR count). The molecule has 0 aliphatic carbocycles. The number of carbonyl (C=O) groups excluding carboxylic acids is 1. The molecule has 2 N–H and O–H groups in total. The van der Waals surface area contributed by atoms with E-state index in [2.05, 4.69) is 52.9 Å². The van der Waals surface area contributed by atoms with Crippen molar-refractivity contribution in [1.29, 1.82) is 0 Å². The number of aryl methyl sites for hydroxylation is 2. The van der Waals surface area contributed by atoms with Gasteiger partial charge in [0.25, 0.3) is 15.9 Å². The Morgan fingerprint density at radius 3 is 2.31 bits per heavy atom. The molecule has 3 aromatic carbocycles. The summed E-state index contributed by atoms with van der Waals surface area (Å²) in [6, 6.07) is 21.3. The number of aromatic nitrogens is 2. The summed E-state index contributed by atoms with van der Waals surface area (Å²) in [6.45, 7) is 10.5. The van der Waals surface area contributed by atoms with E-state index in [1.165, 1.54) is 18.2 Å². The van der Waals surface area contributed by atoms with Crippen LogP contribution in [0.4, 0.5) is 5.95 Å². The Labute approximate surface area is 246 Å². The van der Waals surface area contributed by atoms with E-state index >= 15 is 0 Å². The van der Waals surface area contributed by atoms with Crippen LogP contribution in [0, 0.1) is 19.3 Å². The second-order valence-corrected chi connectivity index (χ2v) is 13.2. The number of ether oxygens (including phenoxy) is 1. The zero-order valence-electron chi connectivity index (χ0n) is 24.3. The normalized spacial score (nSPS) is 16.8. The molecule has 1 aliphatic rings. The van der Waals surface area contributed by atoms with Crippen LogP contribution in [0.25, 0.3) is 17.3 Å². The van der Waals surface area contributed by atoms with E-state index in [0.29, 0.717) is 5.69 Å². The largest absolute Gasteiger partial charge is 0.467 e. The Kier molecular flexibility index (Phi) is 7.88. The number of hydrogen-bond donors (Lipinski definition) is 2. The van der Waals surface area contributed by atoms with E-state index < -0.39 is 22.0 Å². The molecule has 0 unspecified atom stereocenters. The zero-order valence-corrected chi connectivity index (χ0v) is 25.1. The molecule has 0 radical (unpaired) electrons. The quantitative estimate of drug-likeness (QED) is 0.286. The van der Waals surface area contributed by atoms with Gasteiger partial charge in [-0.2, -0.15) is 4.98 Å². The number of rotatable bonds is 3. The summed E-state index contributed by atoms with van der Waals surface area (Å²) in [5.41, 5.74) is 5.44. The number of nitrogens with one attached hydrogen (secondary N) is 2. The van der Waals surface area contributed by atoms with E-state index in [0.717, 1.165) is 27.8 Å². The Hall–Kier alpha value is -4.50. The van der Waals surface area contributed by atoms with Gasteiger partial charge >= 0.3 is 0 Å². The molecule has 4 aromatic rings. The number of sulfonamides is 1. The summed E-state index contributed by atoms with van der Waals surface area (Å²) < 4.78 is 35.5. The van der Waals surface area contributed by atoms with Gasteiger partial charge < -0.3 is 10.1 Å². The van der Waals surface area contributed by atoms with Gasteiger partial charge in [-0.15, -0.1) is 0 Å². The molecule has 0 fully saturated rings. The number of hydrogen-bond acceptors (Lipinski definition) is 6. The van der Waals surface area contributed by atoms with Crippen LogP contribution in [-0.2, 0) is 10.0 Å². The summed E-state index contributed by atoms with van der Waals surface area (Å²) in [5, 5.41) is 2.90. The third-order valence-corrected chi connectivity index (χ3v) is 8.19. The topological polar surface area (TPSA) is 110 Å². The minimum absolute atomic E-state index is 0.0506. The van der Waals surface area contributed by atoms with Crippen LogP contribution in [0.5, 0.6) is 5.88 Å². The van der Waals surface area contributed by atoms with Crippen molar-refractivity contribution >= 4 is 28.0 Å². The second kappa shape index (κ2) is 11.4. The van der Waals surface area contributed by atoms with Crippen LogP contribution in [0.3, 0.4) is 0 Å². The summed E-state index contributed by atoms with van der Waals surface area (Å²) in [7, 11) is -4.10. The van der Waals surface area contributed by atoms with Crippen LogP contribution in [0.15, 0.2) is 83.8 Å². The number of amides is 1. The van der Waals surface area contributed by atoms with Gasteiger partial charge in [-0.25, -0.2) is 18.1 Å². The van der Waals surface area contributed by atoms with Gasteiger partial charge in [-0.1, -0.05) is 81.5 Å². The first kappa shape index (κ1) is 29.0. The minimum Gasteiger partial charge on any atom is -0.467 e. The van der Waals surface area contributed by atoms with E-state index in [9.17, 15) is 13.2 Å². The molecule has 0 spiro atoms. The summed E-state index contributed by atoms with van der Waals surface area (Å²) in [4.78, 5) is 22.0. The fourth-order valence-electron chi connectivity index (χ4n) is 4.69. The summed E-state index contributed by atoms with van der Waals surface area (Å²) in [5.74, 6) is -0.378. The van der Waals surface area contributed by atoms with Crippen molar-refractivity contribution in [3.63, 3.8) is 0 Å². The maximum Gasteiger partial charge on any atom is 0.264 e. The van der Waals surface area contributed by atoms with Crippen molar-refractivity contribution in [3.8, 4) is 17.1 Å². The lowest BCUT2D eigenvalue weighted by Crippen LogP contribution is -2.30. The van der Waals surface area contributed by atoms with Crippen molar-refractivity contribution in [3.05, 3.63) is 107 Å². The highest BCUT2D eigenvalue weighted by Crippen LogP contribution is 2.31. The van der Waals surface area contributed by atoms with Crippen LogP contribution in [0.1, 0.15) is 59.5 Å². The third kappa shape index (κ3) is 6.69. The Balaban J connectivity index is 1.62. The van der Waals surface area contributed by atoms with E-state index in [4.69, 9.17) is 4.74 Å². The lowest BCUT2D eigenvalue weighted by molar-refractivity contribution is 0.0925. The standard InChI is InChI=1S/C33H34N4O4S/c1-21-8-6-9-22(2)30(21)27-19-29-36-32(35-27)37-42(39,40)26-11-7-10-25(18-26)31(38)34-20-28(41-29)24-14-12-23(13-15-24)16-17-33(3,4)5/h6-19,28H,20H2,1-5H3,(H,34,38)(H,35,36,37)/b17-16+/t28-/m1/s1. The van der Waals surface area contributed by atoms with Crippen LogP contribution in [0.2, 0.25) is 0 Å². The van der Waals surface area contributed by atoms with Gasteiger partial charge in [0.1, 0.15) is 6.10 Å². The van der Waals surface area contributed by atoms with Gasteiger partial charge in [-0.3, -0.25) is 4.79 Å². The number of allylic oxidation sites excluding steroid dienone is 1. The highest BCUT2D eigenvalue weighted by atomic mass is 32.2. The van der Waals surface area contributed by atoms with Crippen molar-refractivity contribution < 1.29 is 17.9 Å². The Bertz CT molecular complexity index is 1750. The van der Waals surface area contributed by atoms with Gasteiger partial charge in [0.15, 0.2) is 0 Å². The molecule has 4 bridgehead atoms. The number of carbonyl (C=O) groups is 1. The van der Waals surface area contributed by atoms with Gasteiger partial charge in [0.05, 0.1) is 17.1 Å². The molecule has 1 atom stereocenters. The first-order valence-electron chi connectivity index (χ1n) is 13.7. The number of nitrogens with zero attached hydrogens (tertiary/aromatic N) is 2. The molecule has 0 saturated heterocycles. The molecule has 2 heterocycles. The molecule has 216 valence electrons. The fraction of sp³-hybridized carbons (Fsp3) is 0.242. The number of anilines is 1. The molecule has 0 saturated carbocycles. The number of benzene rings is 3. The molecular formula is C33H34N4O4S. The molecule has 42 heavy (non-hydrogen) atoms. The predicted octanol–water partition coefficient (Wildman–Crippen LogP) is 6.48. The van der Waals surface area contributed by atoms with Crippen molar-refractivity contribution in [2.24, 2.45) is 5.41 Å². The molecule has 1 aliphatic heterocycles. The molecule has 9 heteroatoms. The monoisotopic (exact) mass is 582 g/mol. The Morgan fingerprint density at radius 1 is 0.929 bits per heavy atom. The van der Waals surface area contributed by atoms with Crippen molar-refractivity contribution in [1.82, 2.24) is 15.3 Å². The molecule has 1 aromatic heterocycles. The van der Waals surface area contributed by atoms with Gasteiger partial charge in [0, 0.05) is 17.2 Å². The van der Waals surface area contributed by atoms with Crippen LogP contribution < -0.4 is 14.8 Å². The highest BCUT2D eigenvalue weighted by Gasteiger charge is 2.23. The first-order valence-corrected chi connectivity index (χ1v) is 15.2. The number of fused-ring (bicyclic) bond motifs is 4. The fourth-order valence-corrected chi connectivity index (χ4v) is 5.68. The van der Waals surface area contributed by atoms with Crippen molar-refractivity contribution in [2.75, 3.05) is 11.3 Å². The summed E-state index contributed by atoms with van der Waals surface area (Å²) >= 11 is 0. The van der Waals surface area contributed by atoms with E-state index in [-0.39, 0.29) is 34.2 Å². The lowest BCUT2D eigenvalue weighted by Gasteiger charge is -2.21. The lowest BCUT2D eigenvalue weighted by atomic mass is 9.95. The first-order chi connectivity index (χ1) is 19.9. The van der Waals surface area contributed by atoms with Crippen molar-refractivity contribution in [2.45, 2.75) is 45.6 Å². The third-order valence-electron chi connectivity index (χ3n) is 6.87. The van der Waals surface area contributed by atoms with Gasteiger partial charge in [0.2, 0.25) is 11.8 Å².